The molecule has 124 valence electrons. The molecule has 0 saturated carbocycles. The molecule has 25 heavy (non-hydrogen) atoms. The summed E-state index contributed by atoms with van der Waals surface area (Å²) in [5.41, 5.74) is 12.3. The number of hydrogen-bond donors (Lipinski definition) is 1. The summed E-state index contributed by atoms with van der Waals surface area (Å²) >= 11 is 0. The van der Waals surface area contributed by atoms with Crippen molar-refractivity contribution in [3.8, 4) is 11.1 Å². The van der Waals surface area contributed by atoms with Crippen LogP contribution in [0.4, 0.5) is 5.95 Å². The molecule has 0 radical (unpaired) electrons. The third-order valence-electron chi connectivity index (χ3n) is 4.52. The Hall–Kier alpha value is -3.01. The molecule has 0 atom stereocenters. The van der Waals surface area contributed by atoms with E-state index in [-0.39, 0.29) is 0 Å². The van der Waals surface area contributed by atoms with Gasteiger partial charge in [0.05, 0.1) is 5.71 Å². The van der Waals surface area contributed by atoms with Gasteiger partial charge >= 0.3 is 0 Å². The Balaban J connectivity index is 1.59. The van der Waals surface area contributed by atoms with Gasteiger partial charge in [0, 0.05) is 11.4 Å². The van der Waals surface area contributed by atoms with Gasteiger partial charge in [0.2, 0.25) is 5.95 Å². The summed E-state index contributed by atoms with van der Waals surface area (Å²) < 4.78 is 0. The second-order valence-electron chi connectivity index (χ2n) is 6.49. The largest absolute Gasteiger partial charge is 0.245 e. The van der Waals surface area contributed by atoms with Crippen molar-refractivity contribution >= 4 is 11.7 Å². The van der Waals surface area contributed by atoms with Gasteiger partial charge in [0.1, 0.15) is 0 Å². The maximum Gasteiger partial charge on any atom is 0.243 e. The summed E-state index contributed by atoms with van der Waals surface area (Å²) in [6.45, 7) is 5.91. The van der Waals surface area contributed by atoms with Gasteiger partial charge in [-0.3, -0.25) is 0 Å². The molecule has 1 aliphatic carbocycles. The van der Waals surface area contributed by atoms with Crippen LogP contribution >= 0.6 is 0 Å². The van der Waals surface area contributed by atoms with E-state index in [1.165, 1.54) is 22.3 Å². The average molecular weight is 328 g/mol. The van der Waals surface area contributed by atoms with Gasteiger partial charge in [0.25, 0.3) is 0 Å². The molecule has 0 saturated heterocycles. The molecule has 4 nitrogen and oxygen atoms in total. The lowest BCUT2D eigenvalue weighted by molar-refractivity contribution is 1.03. The number of hydrogen-bond acceptors (Lipinski definition) is 4. The molecule has 0 unspecified atom stereocenters. The van der Waals surface area contributed by atoms with Gasteiger partial charge in [-0.15, -0.1) is 0 Å². The number of rotatable bonds is 3. The van der Waals surface area contributed by atoms with Crippen LogP contribution in [0.1, 0.15) is 35.0 Å². The minimum atomic E-state index is 0.533. The Labute approximate surface area is 147 Å². The monoisotopic (exact) mass is 328 g/mol. The van der Waals surface area contributed by atoms with Crippen molar-refractivity contribution in [2.24, 2.45) is 5.10 Å². The second kappa shape index (κ2) is 6.13. The van der Waals surface area contributed by atoms with Crippen LogP contribution in [0.3, 0.4) is 0 Å². The molecule has 1 aliphatic rings. The molecule has 4 rings (SSSR count). The number of nitrogens with one attached hydrogen (secondary N) is 1. The molecule has 0 amide bonds. The Morgan fingerprint density at radius 2 is 1.64 bits per heavy atom. The van der Waals surface area contributed by atoms with Gasteiger partial charge in [0.15, 0.2) is 0 Å². The zero-order valence-corrected chi connectivity index (χ0v) is 14.7. The van der Waals surface area contributed by atoms with Crippen LogP contribution in [0.5, 0.6) is 0 Å². The maximum absolute atomic E-state index is 4.46. The van der Waals surface area contributed by atoms with E-state index in [1.807, 2.05) is 26.8 Å². The minimum absolute atomic E-state index is 0.533. The standard InChI is InChI=1S/C21H20N4/c1-13-10-14(2)23-21(22-13)25-24-15(3)16-8-9-20-18(11-16)12-17-6-4-5-7-19(17)20/h4-11H,12H2,1-3H3,(H,22,23,25)/b24-15-. The molecule has 1 aromatic heterocycles. The molecule has 1 heterocycles. The summed E-state index contributed by atoms with van der Waals surface area (Å²) in [6.07, 6.45) is 0.986. The molecule has 2 aromatic carbocycles. The molecular weight excluding hydrogens is 308 g/mol. The maximum atomic E-state index is 4.46. The number of benzene rings is 2. The van der Waals surface area contributed by atoms with E-state index in [0.29, 0.717) is 5.95 Å². The molecule has 3 aromatic rings. The van der Waals surface area contributed by atoms with Crippen molar-refractivity contribution in [2.75, 3.05) is 5.43 Å². The van der Waals surface area contributed by atoms with Gasteiger partial charge in [-0.05, 0) is 67.1 Å². The van der Waals surface area contributed by atoms with E-state index in [4.69, 9.17) is 0 Å². The fraction of sp³-hybridized carbons (Fsp3) is 0.190. The predicted molar refractivity (Wildman–Crippen MR) is 102 cm³/mol. The highest BCUT2D eigenvalue weighted by atomic mass is 15.4. The van der Waals surface area contributed by atoms with Gasteiger partial charge in [-0.2, -0.15) is 5.10 Å². The Bertz CT molecular complexity index is 969. The lowest BCUT2D eigenvalue weighted by atomic mass is 10.0. The van der Waals surface area contributed by atoms with E-state index < -0.39 is 0 Å². The number of aromatic nitrogens is 2. The highest BCUT2D eigenvalue weighted by Gasteiger charge is 2.18. The van der Waals surface area contributed by atoms with Crippen molar-refractivity contribution in [3.63, 3.8) is 0 Å². The van der Waals surface area contributed by atoms with Crippen LogP contribution < -0.4 is 5.43 Å². The van der Waals surface area contributed by atoms with Crippen LogP contribution in [0, 0.1) is 13.8 Å². The van der Waals surface area contributed by atoms with Crippen LogP contribution in [0.2, 0.25) is 0 Å². The summed E-state index contributed by atoms with van der Waals surface area (Å²) in [7, 11) is 0. The van der Waals surface area contributed by atoms with Crippen molar-refractivity contribution in [1.82, 2.24) is 9.97 Å². The second-order valence-corrected chi connectivity index (χ2v) is 6.49. The van der Waals surface area contributed by atoms with Crippen LogP contribution in [0.25, 0.3) is 11.1 Å². The summed E-state index contributed by atoms with van der Waals surface area (Å²) in [4.78, 5) is 8.71. The quantitative estimate of drug-likeness (QED) is 0.445. The van der Waals surface area contributed by atoms with E-state index >= 15 is 0 Å². The smallest absolute Gasteiger partial charge is 0.243 e. The van der Waals surface area contributed by atoms with E-state index in [2.05, 4.69) is 63.0 Å². The SMILES string of the molecule is C/C(=N/Nc1nc(C)cc(C)n1)c1ccc2c(c1)Cc1ccccc1-2. The van der Waals surface area contributed by atoms with Crippen LogP contribution in [-0.2, 0) is 6.42 Å². The first-order valence-corrected chi connectivity index (χ1v) is 8.44. The Morgan fingerprint density at radius 3 is 2.44 bits per heavy atom. The molecule has 1 N–H and O–H groups in total. The fourth-order valence-electron chi connectivity index (χ4n) is 3.34. The molecular formula is C21H20N4. The summed E-state index contributed by atoms with van der Waals surface area (Å²) in [5.74, 6) is 0.533. The Kier molecular flexibility index (Phi) is 3.80. The van der Waals surface area contributed by atoms with E-state index in [1.54, 1.807) is 0 Å². The highest BCUT2D eigenvalue weighted by molar-refractivity contribution is 6.00. The first-order chi connectivity index (χ1) is 12.1. The van der Waals surface area contributed by atoms with Gasteiger partial charge < -0.3 is 0 Å². The van der Waals surface area contributed by atoms with Crippen molar-refractivity contribution in [2.45, 2.75) is 27.2 Å². The zero-order chi connectivity index (χ0) is 17.4. The van der Waals surface area contributed by atoms with Crippen LogP contribution in [0.15, 0.2) is 53.6 Å². The van der Waals surface area contributed by atoms with Crippen molar-refractivity contribution in [1.29, 1.82) is 0 Å². The minimum Gasteiger partial charge on any atom is -0.245 e. The van der Waals surface area contributed by atoms with E-state index in [0.717, 1.165) is 29.1 Å². The number of anilines is 1. The highest BCUT2D eigenvalue weighted by Crippen LogP contribution is 2.36. The van der Waals surface area contributed by atoms with Crippen molar-refractivity contribution in [3.05, 3.63) is 76.6 Å². The van der Waals surface area contributed by atoms with Gasteiger partial charge in [-0.1, -0.05) is 36.4 Å². The molecule has 0 aliphatic heterocycles. The lowest BCUT2D eigenvalue weighted by Crippen LogP contribution is -2.04. The predicted octanol–water partition coefficient (Wildman–Crippen LogP) is 4.50. The number of hydrazone groups is 1. The fourth-order valence-corrected chi connectivity index (χ4v) is 3.34. The Morgan fingerprint density at radius 1 is 0.920 bits per heavy atom. The number of aryl methyl sites for hydroxylation is 2. The van der Waals surface area contributed by atoms with Crippen LogP contribution in [-0.4, -0.2) is 15.7 Å². The normalized spacial score (nSPS) is 12.7. The third-order valence-corrected chi connectivity index (χ3v) is 4.52. The number of fused-ring (bicyclic) bond motifs is 3. The lowest BCUT2D eigenvalue weighted by Gasteiger charge is -2.06. The number of nitrogens with zero attached hydrogens (tertiary/aromatic N) is 3. The third kappa shape index (κ3) is 3.03. The molecule has 0 fully saturated rings. The summed E-state index contributed by atoms with van der Waals surface area (Å²) in [6, 6.07) is 17.1. The molecule has 0 spiro atoms. The first-order valence-electron chi connectivity index (χ1n) is 8.44. The summed E-state index contributed by atoms with van der Waals surface area (Å²) in [5, 5.41) is 4.46. The topological polar surface area (TPSA) is 50.2 Å². The van der Waals surface area contributed by atoms with E-state index in [9.17, 15) is 0 Å². The molecule has 0 bridgehead atoms. The average Bonchev–Trinajstić information content (AvgIpc) is 2.96. The first kappa shape index (κ1) is 15.5. The zero-order valence-electron chi connectivity index (χ0n) is 14.7. The van der Waals surface area contributed by atoms with Gasteiger partial charge in [-0.25, -0.2) is 15.4 Å². The van der Waals surface area contributed by atoms with Crippen molar-refractivity contribution < 1.29 is 0 Å². The molecule has 4 heteroatoms.